The van der Waals surface area contributed by atoms with Gasteiger partial charge in [0.15, 0.2) is 0 Å². The van der Waals surface area contributed by atoms with Gasteiger partial charge in [0.2, 0.25) is 0 Å². The number of hydrogen-bond donors (Lipinski definition) is 1. The van der Waals surface area contributed by atoms with Crippen molar-refractivity contribution in [2.75, 3.05) is 5.32 Å². The fourth-order valence-corrected chi connectivity index (χ4v) is 2.52. The third kappa shape index (κ3) is 2.67. The van der Waals surface area contributed by atoms with Crippen LogP contribution in [0.2, 0.25) is 5.02 Å². The Morgan fingerprint density at radius 1 is 1.44 bits per heavy atom. The molecule has 88 valence electrons. The van der Waals surface area contributed by atoms with Crippen LogP contribution in [-0.4, -0.2) is 6.04 Å². The average Bonchev–Trinajstić information content (AvgIpc) is 2.71. The number of nitrogens with one attached hydrogen (secondary N) is 1. The Hall–Kier alpha value is -0.760. The van der Waals surface area contributed by atoms with E-state index in [1.807, 2.05) is 6.07 Å². The van der Waals surface area contributed by atoms with Crippen molar-refractivity contribution in [1.29, 1.82) is 0 Å². The predicted octanol–water partition coefficient (Wildman–Crippen LogP) is 4.47. The Morgan fingerprint density at radius 2 is 2.25 bits per heavy atom. The SMILES string of the molecule is CCC1CCC(Nc2ccc(Cl)c(F)c2)C1. The van der Waals surface area contributed by atoms with Crippen molar-refractivity contribution in [3.05, 3.63) is 29.0 Å². The van der Waals surface area contributed by atoms with Crippen LogP contribution in [0.1, 0.15) is 32.6 Å². The zero-order valence-electron chi connectivity index (χ0n) is 9.47. The van der Waals surface area contributed by atoms with Crippen LogP contribution in [0.3, 0.4) is 0 Å². The lowest BCUT2D eigenvalue weighted by molar-refractivity contribution is 0.525. The number of anilines is 1. The van der Waals surface area contributed by atoms with E-state index in [2.05, 4.69) is 12.2 Å². The summed E-state index contributed by atoms with van der Waals surface area (Å²) in [4.78, 5) is 0. The van der Waals surface area contributed by atoms with Crippen molar-refractivity contribution in [1.82, 2.24) is 0 Å². The van der Waals surface area contributed by atoms with Gasteiger partial charge in [-0.15, -0.1) is 0 Å². The van der Waals surface area contributed by atoms with Gasteiger partial charge in [0.05, 0.1) is 5.02 Å². The zero-order valence-corrected chi connectivity index (χ0v) is 10.2. The molecule has 0 aliphatic heterocycles. The van der Waals surface area contributed by atoms with Crippen molar-refractivity contribution in [3.8, 4) is 0 Å². The molecule has 3 heteroatoms. The fourth-order valence-electron chi connectivity index (χ4n) is 2.40. The Kier molecular flexibility index (Phi) is 3.70. The summed E-state index contributed by atoms with van der Waals surface area (Å²) in [5.41, 5.74) is 0.837. The Balaban J connectivity index is 1.97. The molecule has 2 rings (SSSR count). The van der Waals surface area contributed by atoms with Gasteiger partial charge in [-0.3, -0.25) is 0 Å². The lowest BCUT2D eigenvalue weighted by Gasteiger charge is -2.14. The van der Waals surface area contributed by atoms with Crippen LogP contribution in [0.25, 0.3) is 0 Å². The molecule has 1 N–H and O–H groups in total. The molecule has 0 amide bonds. The van der Waals surface area contributed by atoms with E-state index in [4.69, 9.17) is 11.6 Å². The second-order valence-corrected chi connectivity index (χ2v) is 4.96. The molecule has 16 heavy (non-hydrogen) atoms. The highest BCUT2D eigenvalue weighted by molar-refractivity contribution is 6.30. The molecule has 0 saturated heterocycles. The molecule has 1 aliphatic rings. The highest BCUT2D eigenvalue weighted by Crippen LogP contribution is 2.30. The minimum Gasteiger partial charge on any atom is -0.382 e. The smallest absolute Gasteiger partial charge is 0.143 e. The van der Waals surface area contributed by atoms with Crippen LogP contribution in [0.5, 0.6) is 0 Å². The van der Waals surface area contributed by atoms with E-state index in [1.54, 1.807) is 6.07 Å². The van der Waals surface area contributed by atoms with Crippen LogP contribution >= 0.6 is 11.6 Å². The summed E-state index contributed by atoms with van der Waals surface area (Å²) in [6, 6.07) is 5.41. The molecule has 1 aromatic carbocycles. The fraction of sp³-hybridized carbons (Fsp3) is 0.538. The lowest BCUT2D eigenvalue weighted by Crippen LogP contribution is -2.15. The molecule has 0 bridgehead atoms. The summed E-state index contributed by atoms with van der Waals surface area (Å²) >= 11 is 5.64. The molecule has 1 fully saturated rings. The Morgan fingerprint density at radius 3 is 2.88 bits per heavy atom. The third-order valence-electron chi connectivity index (χ3n) is 3.41. The van der Waals surface area contributed by atoms with E-state index in [0.29, 0.717) is 6.04 Å². The molecule has 1 aromatic rings. The van der Waals surface area contributed by atoms with Crippen molar-refractivity contribution >= 4 is 17.3 Å². The Labute approximate surface area is 101 Å². The minimum absolute atomic E-state index is 0.184. The third-order valence-corrected chi connectivity index (χ3v) is 3.72. The van der Waals surface area contributed by atoms with Crippen LogP contribution in [0.4, 0.5) is 10.1 Å². The first kappa shape index (κ1) is 11.7. The maximum Gasteiger partial charge on any atom is 0.143 e. The molecular weight excluding hydrogens is 225 g/mol. The maximum absolute atomic E-state index is 13.2. The van der Waals surface area contributed by atoms with Gasteiger partial charge < -0.3 is 5.32 Å². The zero-order chi connectivity index (χ0) is 11.5. The van der Waals surface area contributed by atoms with E-state index in [9.17, 15) is 4.39 Å². The second kappa shape index (κ2) is 5.05. The van der Waals surface area contributed by atoms with Crippen molar-refractivity contribution < 1.29 is 4.39 Å². The average molecular weight is 242 g/mol. The largest absolute Gasteiger partial charge is 0.382 e. The summed E-state index contributed by atoms with van der Waals surface area (Å²) in [5.74, 6) is 0.478. The predicted molar refractivity (Wildman–Crippen MR) is 66.5 cm³/mol. The highest BCUT2D eigenvalue weighted by atomic mass is 35.5. The van der Waals surface area contributed by atoms with E-state index in [-0.39, 0.29) is 10.8 Å². The van der Waals surface area contributed by atoms with Gasteiger partial charge in [0, 0.05) is 11.7 Å². The van der Waals surface area contributed by atoms with Gasteiger partial charge in [-0.1, -0.05) is 24.9 Å². The molecule has 1 saturated carbocycles. The first-order chi connectivity index (χ1) is 7.69. The first-order valence-electron chi connectivity index (χ1n) is 5.90. The van der Waals surface area contributed by atoms with Gasteiger partial charge in [-0.05, 0) is 43.4 Å². The number of rotatable bonds is 3. The van der Waals surface area contributed by atoms with E-state index in [0.717, 1.165) is 11.6 Å². The number of benzene rings is 1. The molecule has 2 unspecified atom stereocenters. The van der Waals surface area contributed by atoms with Crippen LogP contribution in [0.15, 0.2) is 18.2 Å². The second-order valence-electron chi connectivity index (χ2n) is 4.56. The summed E-state index contributed by atoms with van der Waals surface area (Å²) in [6.07, 6.45) is 4.90. The van der Waals surface area contributed by atoms with Crippen molar-refractivity contribution in [2.45, 2.75) is 38.6 Å². The molecule has 0 radical (unpaired) electrons. The monoisotopic (exact) mass is 241 g/mol. The summed E-state index contributed by atoms with van der Waals surface area (Å²) in [5, 5.41) is 3.56. The van der Waals surface area contributed by atoms with Gasteiger partial charge in [0.25, 0.3) is 0 Å². The van der Waals surface area contributed by atoms with Gasteiger partial charge in [-0.2, -0.15) is 0 Å². The van der Waals surface area contributed by atoms with Crippen molar-refractivity contribution in [3.63, 3.8) is 0 Å². The normalized spacial score (nSPS) is 24.7. The van der Waals surface area contributed by atoms with E-state index in [1.165, 1.54) is 31.7 Å². The molecule has 0 aromatic heterocycles. The number of hydrogen-bond acceptors (Lipinski definition) is 1. The van der Waals surface area contributed by atoms with Crippen LogP contribution in [-0.2, 0) is 0 Å². The highest BCUT2D eigenvalue weighted by Gasteiger charge is 2.23. The number of halogens is 2. The summed E-state index contributed by atoms with van der Waals surface area (Å²) in [7, 11) is 0. The van der Waals surface area contributed by atoms with Crippen LogP contribution in [0, 0.1) is 11.7 Å². The van der Waals surface area contributed by atoms with Gasteiger partial charge in [-0.25, -0.2) is 4.39 Å². The summed E-state index contributed by atoms with van der Waals surface area (Å²) in [6.45, 7) is 2.23. The maximum atomic E-state index is 13.2. The molecular formula is C13H17ClFN. The Bertz CT molecular complexity index is 367. The van der Waals surface area contributed by atoms with E-state index >= 15 is 0 Å². The quantitative estimate of drug-likeness (QED) is 0.823. The lowest BCUT2D eigenvalue weighted by atomic mass is 10.1. The van der Waals surface area contributed by atoms with E-state index < -0.39 is 0 Å². The molecule has 2 atom stereocenters. The standard InChI is InChI=1S/C13H17ClFN/c1-2-9-3-4-10(7-9)16-11-5-6-12(14)13(15)8-11/h5-6,8-10,16H,2-4,7H2,1H3. The summed E-state index contributed by atoms with van der Waals surface area (Å²) < 4.78 is 13.2. The molecule has 1 nitrogen and oxygen atoms in total. The minimum atomic E-state index is -0.350. The topological polar surface area (TPSA) is 12.0 Å². The van der Waals surface area contributed by atoms with Crippen LogP contribution < -0.4 is 5.32 Å². The van der Waals surface area contributed by atoms with Gasteiger partial charge >= 0.3 is 0 Å². The van der Waals surface area contributed by atoms with Gasteiger partial charge in [0.1, 0.15) is 5.82 Å². The molecule has 0 heterocycles. The first-order valence-corrected chi connectivity index (χ1v) is 6.28. The molecule has 0 spiro atoms. The molecule has 1 aliphatic carbocycles. The van der Waals surface area contributed by atoms with Crippen molar-refractivity contribution in [2.24, 2.45) is 5.92 Å².